The van der Waals surface area contributed by atoms with Crippen molar-refractivity contribution in [1.29, 1.82) is 0 Å². The fourth-order valence-corrected chi connectivity index (χ4v) is 3.17. The predicted octanol–water partition coefficient (Wildman–Crippen LogP) is 3.96. The number of imidazole rings is 1. The van der Waals surface area contributed by atoms with Crippen molar-refractivity contribution >= 4 is 27.9 Å². The minimum atomic E-state index is 0.554. The zero-order valence-corrected chi connectivity index (χ0v) is 13.5. The summed E-state index contributed by atoms with van der Waals surface area (Å²) in [7, 11) is 0. The summed E-state index contributed by atoms with van der Waals surface area (Å²) in [5.74, 6) is 1.37. The first-order valence-electron chi connectivity index (χ1n) is 6.69. The third-order valence-electron chi connectivity index (χ3n) is 3.33. The van der Waals surface area contributed by atoms with E-state index in [2.05, 4.69) is 4.98 Å². The molecule has 0 unspecified atom stereocenters. The number of rotatable bonds is 4. The zero-order valence-electron chi connectivity index (χ0n) is 11.9. The van der Waals surface area contributed by atoms with Crippen molar-refractivity contribution < 1.29 is 4.74 Å². The highest BCUT2D eigenvalue weighted by Gasteiger charge is 2.15. The summed E-state index contributed by atoms with van der Waals surface area (Å²) in [4.78, 5) is 5.45. The second-order valence-electron chi connectivity index (χ2n) is 4.93. The Morgan fingerprint density at radius 1 is 1.33 bits per heavy atom. The fraction of sp³-hybridized carbons (Fsp3) is 0.267. The van der Waals surface area contributed by atoms with Crippen molar-refractivity contribution in [2.24, 2.45) is 5.73 Å². The molecule has 6 heteroatoms. The van der Waals surface area contributed by atoms with E-state index in [0.29, 0.717) is 12.4 Å². The average molecular weight is 322 g/mol. The van der Waals surface area contributed by atoms with Crippen molar-refractivity contribution in [3.63, 3.8) is 0 Å². The Morgan fingerprint density at radius 2 is 2.05 bits per heavy atom. The monoisotopic (exact) mass is 321 g/mol. The van der Waals surface area contributed by atoms with Gasteiger partial charge in [-0.3, -0.25) is 4.40 Å². The lowest BCUT2D eigenvalue weighted by atomic mass is 10.1. The van der Waals surface area contributed by atoms with Gasteiger partial charge in [0, 0.05) is 23.0 Å². The number of hydrogen-bond acceptors (Lipinski definition) is 4. The standard InChI is InChI=1S/C15H16ClN3OS/c1-9-7-11(8-10(2)13(9)16)20-14-12(3-4-17)19-5-6-21-15(19)18-14/h5-8H,3-4,17H2,1-2H3. The molecule has 0 saturated carbocycles. The molecule has 0 amide bonds. The van der Waals surface area contributed by atoms with E-state index in [1.54, 1.807) is 11.3 Å². The summed E-state index contributed by atoms with van der Waals surface area (Å²) in [6, 6.07) is 3.85. The third-order valence-corrected chi connectivity index (χ3v) is 4.68. The molecule has 0 radical (unpaired) electrons. The van der Waals surface area contributed by atoms with E-state index in [-0.39, 0.29) is 0 Å². The molecule has 2 heterocycles. The van der Waals surface area contributed by atoms with Gasteiger partial charge >= 0.3 is 0 Å². The van der Waals surface area contributed by atoms with Gasteiger partial charge in [-0.05, 0) is 43.7 Å². The van der Waals surface area contributed by atoms with E-state index < -0.39 is 0 Å². The van der Waals surface area contributed by atoms with Crippen LogP contribution in [0.5, 0.6) is 11.6 Å². The van der Waals surface area contributed by atoms with Gasteiger partial charge in [0.2, 0.25) is 5.88 Å². The van der Waals surface area contributed by atoms with Gasteiger partial charge < -0.3 is 10.5 Å². The topological polar surface area (TPSA) is 52.5 Å². The molecular formula is C15H16ClN3OS. The van der Waals surface area contributed by atoms with E-state index in [4.69, 9.17) is 22.1 Å². The largest absolute Gasteiger partial charge is 0.437 e. The van der Waals surface area contributed by atoms with E-state index in [1.807, 2.05) is 42.0 Å². The molecule has 0 fully saturated rings. The summed E-state index contributed by atoms with van der Waals surface area (Å²) in [6.07, 6.45) is 2.71. The van der Waals surface area contributed by atoms with Crippen molar-refractivity contribution in [3.8, 4) is 11.6 Å². The van der Waals surface area contributed by atoms with Crippen molar-refractivity contribution in [3.05, 3.63) is 45.6 Å². The smallest absolute Gasteiger partial charge is 0.242 e. The number of nitrogens with two attached hydrogens (primary N) is 1. The molecule has 21 heavy (non-hydrogen) atoms. The normalized spacial score (nSPS) is 11.2. The molecule has 0 atom stereocenters. The Morgan fingerprint density at radius 3 is 2.71 bits per heavy atom. The highest BCUT2D eigenvalue weighted by Crippen LogP contribution is 2.31. The highest BCUT2D eigenvalue weighted by molar-refractivity contribution is 7.15. The number of fused-ring (bicyclic) bond motifs is 1. The second-order valence-corrected chi connectivity index (χ2v) is 6.18. The van der Waals surface area contributed by atoms with Crippen LogP contribution < -0.4 is 10.5 Å². The first-order valence-corrected chi connectivity index (χ1v) is 7.95. The molecule has 3 aromatic rings. The minimum absolute atomic E-state index is 0.554. The molecule has 0 aliphatic rings. The van der Waals surface area contributed by atoms with Crippen molar-refractivity contribution in [2.45, 2.75) is 20.3 Å². The van der Waals surface area contributed by atoms with E-state index in [0.717, 1.165) is 39.0 Å². The molecule has 0 spiro atoms. The third kappa shape index (κ3) is 2.64. The van der Waals surface area contributed by atoms with Crippen LogP contribution in [0.15, 0.2) is 23.7 Å². The van der Waals surface area contributed by atoms with Gasteiger partial charge in [0.05, 0.1) is 5.69 Å². The number of nitrogens with zero attached hydrogens (tertiary/aromatic N) is 2. The molecule has 1 aromatic carbocycles. The van der Waals surface area contributed by atoms with Crippen LogP contribution >= 0.6 is 22.9 Å². The number of aryl methyl sites for hydroxylation is 2. The number of benzene rings is 1. The Labute approximate surface area is 132 Å². The lowest BCUT2D eigenvalue weighted by Crippen LogP contribution is -2.05. The summed E-state index contributed by atoms with van der Waals surface area (Å²) in [5, 5.41) is 2.78. The first kappa shape index (κ1) is 14.4. The summed E-state index contributed by atoms with van der Waals surface area (Å²) < 4.78 is 8.01. The van der Waals surface area contributed by atoms with E-state index in [9.17, 15) is 0 Å². The highest BCUT2D eigenvalue weighted by atomic mass is 35.5. The van der Waals surface area contributed by atoms with Crippen LogP contribution in [-0.2, 0) is 6.42 Å². The Balaban J connectivity index is 2.01. The van der Waals surface area contributed by atoms with Crippen LogP contribution in [-0.4, -0.2) is 15.9 Å². The van der Waals surface area contributed by atoms with Crippen LogP contribution in [0.2, 0.25) is 5.02 Å². The van der Waals surface area contributed by atoms with Gasteiger partial charge in [-0.15, -0.1) is 11.3 Å². The first-order chi connectivity index (χ1) is 10.1. The van der Waals surface area contributed by atoms with Gasteiger partial charge in [-0.2, -0.15) is 4.98 Å². The quantitative estimate of drug-likeness (QED) is 0.791. The number of hydrogen-bond donors (Lipinski definition) is 1. The molecule has 110 valence electrons. The van der Waals surface area contributed by atoms with Crippen LogP contribution in [0, 0.1) is 13.8 Å². The minimum Gasteiger partial charge on any atom is -0.437 e. The maximum Gasteiger partial charge on any atom is 0.242 e. The fourth-order valence-electron chi connectivity index (χ4n) is 2.34. The molecule has 0 aliphatic carbocycles. The number of thiazole rings is 1. The van der Waals surface area contributed by atoms with Gasteiger partial charge in [-0.1, -0.05) is 11.6 Å². The van der Waals surface area contributed by atoms with Gasteiger partial charge in [0.25, 0.3) is 0 Å². The Kier molecular flexibility index (Phi) is 3.89. The van der Waals surface area contributed by atoms with Gasteiger partial charge in [0.1, 0.15) is 5.75 Å². The lowest BCUT2D eigenvalue weighted by molar-refractivity contribution is 0.458. The zero-order chi connectivity index (χ0) is 15.0. The average Bonchev–Trinajstić information content (AvgIpc) is 3.00. The predicted molar refractivity (Wildman–Crippen MR) is 86.8 cm³/mol. The maximum atomic E-state index is 6.19. The number of aromatic nitrogens is 2. The molecule has 0 bridgehead atoms. The second kappa shape index (κ2) is 5.67. The number of ether oxygens (including phenoxy) is 1. The molecule has 2 N–H and O–H groups in total. The van der Waals surface area contributed by atoms with E-state index >= 15 is 0 Å². The van der Waals surface area contributed by atoms with E-state index in [1.165, 1.54) is 0 Å². The Bertz CT molecular complexity index is 770. The maximum absolute atomic E-state index is 6.19. The molecule has 3 rings (SSSR count). The summed E-state index contributed by atoms with van der Waals surface area (Å²) in [6.45, 7) is 4.49. The van der Waals surface area contributed by atoms with Gasteiger partial charge in [0.15, 0.2) is 4.96 Å². The molecule has 4 nitrogen and oxygen atoms in total. The van der Waals surface area contributed by atoms with Gasteiger partial charge in [-0.25, -0.2) is 0 Å². The SMILES string of the molecule is Cc1cc(Oc2nc3sccn3c2CCN)cc(C)c1Cl. The molecule has 2 aromatic heterocycles. The Hall–Kier alpha value is -1.56. The van der Waals surface area contributed by atoms with Crippen LogP contribution in [0.25, 0.3) is 4.96 Å². The lowest BCUT2D eigenvalue weighted by Gasteiger charge is -2.09. The molecule has 0 aliphatic heterocycles. The molecule has 0 saturated heterocycles. The summed E-state index contributed by atoms with van der Waals surface area (Å²) in [5.41, 5.74) is 8.69. The molecular weight excluding hydrogens is 306 g/mol. The van der Waals surface area contributed by atoms with Crippen molar-refractivity contribution in [1.82, 2.24) is 9.38 Å². The van der Waals surface area contributed by atoms with Crippen LogP contribution in [0.3, 0.4) is 0 Å². The number of halogens is 1. The van der Waals surface area contributed by atoms with Crippen molar-refractivity contribution in [2.75, 3.05) is 6.54 Å². The van der Waals surface area contributed by atoms with Crippen LogP contribution in [0.1, 0.15) is 16.8 Å². The van der Waals surface area contributed by atoms with Crippen LogP contribution in [0.4, 0.5) is 0 Å². The summed E-state index contributed by atoms with van der Waals surface area (Å²) >= 11 is 7.77.